The van der Waals surface area contributed by atoms with E-state index in [0.29, 0.717) is 24.3 Å². The summed E-state index contributed by atoms with van der Waals surface area (Å²) >= 11 is 0. The summed E-state index contributed by atoms with van der Waals surface area (Å²) in [7, 11) is 0. The first-order chi connectivity index (χ1) is 10.5. The third kappa shape index (κ3) is 5.65. The second-order valence-electron chi connectivity index (χ2n) is 4.87. The average molecular weight is 305 g/mol. The lowest BCUT2D eigenvalue weighted by Gasteiger charge is -2.17. The lowest BCUT2D eigenvalue weighted by molar-refractivity contribution is -0.136. The quantitative estimate of drug-likeness (QED) is 0.588. The number of carbonyl (C=O) groups excluding carboxylic acids is 3. The first-order valence-electron chi connectivity index (χ1n) is 7.40. The van der Waals surface area contributed by atoms with Crippen molar-refractivity contribution < 1.29 is 14.4 Å². The van der Waals surface area contributed by atoms with E-state index in [9.17, 15) is 14.4 Å². The Kier molecular flexibility index (Phi) is 7.25. The molecule has 6 nitrogen and oxygen atoms in total. The summed E-state index contributed by atoms with van der Waals surface area (Å²) < 4.78 is 0. The minimum atomic E-state index is -0.713. The van der Waals surface area contributed by atoms with Crippen LogP contribution in [0.3, 0.4) is 0 Å². The number of ketones is 1. The first kappa shape index (κ1) is 17.8. The molecule has 0 aromatic heterocycles. The number of nitrogens with one attached hydrogen (secondary N) is 2. The van der Waals surface area contributed by atoms with Gasteiger partial charge in [0.2, 0.25) is 0 Å². The van der Waals surface area contributed by atoms with Crippen molar-refractivity contribution in [2.45, 2.75) is 20.8 Å². The molecule has 0 aliphatic carbocycles. The molecule has 0 saturated heterocycles. The van der Waals surface area contributed by atoms with Gasteiger partial charge in [-0.05, 0) is 44.3 Å². The normalized spacial score (nSPS) is 10.4. The summed E-state index contributed by atoms with van der Waals surface area (Å²) in [5, 5.41) is 5.08. The van der Waals surface area contributed by atoms with E-state index in [0.717, 1.165) is 13.1 Å². The van der Waals surface area contributed by atoms with Crippen LogP contribution in [-0.2, 0) is 9.59 Å². The van der Waals surface area contributed by atoms with Gasteiger partial charge >= 0.3 is 11.8 Å². The fraction of sp³-hybridized carbons (Fsp3) is 0.438. The van der Waals surface area contributed by atoms with Gasteiger partial charge in [-0.1, -0.05) is 13.8 Å². The van der Waals surface area contributed by atoms with Crippen molar-refractivity contribution in [3.63, 3.8) is 0 Å². The number of hydrogen-bond donors (Lipinski definition) is 2. The van der Waals surface area contributed by atoms with Crippen LogP contribution in [0.2, 0.25) is 0 Å². The molecule has 0 radical (unpaired) electrons. The molecule has 0 aliphatic heterocycles. The van der Waals surface area contributed by atoms with Gasteiger partial charge < -0.3 is 15.5 Å². The monoisotopic (exact) mass is 305 g/mol. The molecular formula is C16H23N3O3. The van der Waals surface area contributed by atoms with Gasteiger partial charge in [-0.2, -0.15) is 0 Å². The number of nitrogens with zero attached hydrogens (tertiary/aromatic N) is 1. The van der Waals surface area contributed by atoms with Gasteiger partial charge in [-0.3, -0.25) is 14.4 Å². The zero-order valence-corrected chi connectivity index (χ0v) is 13.3. The molecule has 0 aliphatic rings. The number of carbonyl (C=O) groups is 3. The third-order valence-corrected chi connectivity index (χ3v) is 3.36. The molecule has 0 spiro atoms. The number of Topliss-reactive ketones (excluding diaryl/α,β-unsaturated/α-hetero) is 1. The van der Waals surface area contributed by atoms with Crippen LogP contribution in [0.1, 0.15) is 31.1 Å². The van der Waals surface area contributed by atoms with Crippen molar-refractivity contribution in [2.75, 3.05) is 31.5 Å². The van der Waals surface area contributed by atoms with Crippen molar-refractivity contribution >= 4 is 23.3 Å². The Bertz CT molecular complexity index is 522. The SMILES string of the molecule is CCN(CC)CCNC(=O)C(=O)Nc1ccc(C(C)=O)cc1. The molecule has 1 aromatic rings. The first-order valence-corrected chi connectivity index (χ1v) is 7.40. The summed E-state index contributed by atoms with van der Waals surface area (Å²) in [6, 6.07) is 6.40. The number of hydrogen-bond acceptors (Lipinski definition) is 4. The molecule has 0 saturated carbocycles. The second kappa shape index (κ2) is 8.94. The molecule has 6 heteroatoms. The summed E-state index contributed by atoms with van der Waals surface area (Å²) in [6.07, 6.45) is 0. The lowest BCUT2D eigenvalue weighted by atomic mass is 10.1. The van der Waals surface area contributed by atoms with Gasteiger partial charge in [-0.25, -0.2) is 0 Å². The van der Waals surface area contributed by atoms with E-state index < -0.39 is 11.8 Å². The number of benzene rings is 1. The summed E-state index contributed by atoms with van der Waals surface area (Å²) in [4.78, 5) is 36.7. The van der Waals surface area contributed by atoms with E-state index in [1.54, 1.807) is 24.3 Å². The fourth-order valence-electron chi connectivity index (χ4n) is 1.92. The predicted octanol–water partition coefficient (Wildman–Crippen LogP) is 1.29. The topological polar surface area (TPSA) is 78.5 Å². The molecule has 1 rings (SSSR count). The molecule has 2 N–H and O–H groups in total. The largest absolute Gasteiger partial charge is 0.347 e. The molecule has 120 valence electrons. The van der Waals surface area contributed by atoms with Gasteiger partial charge in [0, 0.05) is 24.3 Å². The van der Waals surface area contributed by atoms with E-state index in [4.69, 9.17) is 0 Å². The van der Waals surface area contributed by atoms with Crippen molar-refractivity contribution in [2.24, 2.45) is 0 Å². The van der Waals surface area contributed by atoms with Gasteiger partial charge in [0.25, 0.3) is 0 Å². The van der Waals surface area contributed by atoms with Crippen LogP contribution < -0.4 is 10.6 Å². The van der Waals surface area contributed by atoms with Crippen LogP contribution in [0.25, 0.3) is 0 Å². The number of anilines is 1. The summed E-state index contributed by atoms with van der Waals surface area (Å²) in [5.41, 5.74) is 1.04. The highest BCUT2D eigenvalue weighted by atomic mass is 16.2. The molecule has 0 bridgehead atoms. The van der Waals surface area contributed by atoms with E-state index in [1.807, 2.05) is 13.8 Å². The highest BCUT2D eigenvalue weighted by Crippen LogP contribution is 2.09. The average Bonchev–Trinajstić information content (AvgIpc) is 2.51. The molecule has 1 aromatic carbocycles. The minimum Gasteiger partial charge on any atom is -0.347 e. The Labute approximate surface area is 130 Å². The molecule has 2 amide bonds. The number of likely N-dealkylation sites (N-methyl/N-ethyl adjacent to an activating group) is 1. The van der Waals surface area contributed by atoms with E-state index in [1.165, 1.54) is 6.92 Å². The highest BCUT2D eigenvalue weighted by molar-refractivity contribution is 6.39. The maximum absolute atomic E-state index is 11.7. The molecule has 0 atom stereocenters. The summed E-state index contributed by atoms with van der Waals surface area (Å²) in [6.45, 7) is 8.50. The second-order valence-corrected chi connectivity index (χ2v) is 4.87. The van der Waals surface area contributed by atoms with E-state index in [-0.39, 0.29) is 5.78 Å². The van der Waals surface area contributed by atoms with Crippen LogP contribution >= 0.6 is 0 Å². The minimum absolute atomic E-state index is 0.0491. The van der Waals surface area contributed by atoms with E-state index in [2.05, 4.69) is 15.5 Å². The van der Waals surface area contributed by atoms with Crippen LogP contribution in [0.4, 0.5) is 5.69 Å². The Morgan fingerprint density at radius 3 is 2.09 bits per heavy atom. The van der Waals surface area contributed by atoms with Gasteiger partial charge in [0.1, 0.15) is 0 Å². The van der Waals surface area contributed by atoms with Crippen LogP contribution in [0.5, 0.6) is 0 Å². The van der Waals surface area contributed by atoms with Gasteiger partial charge in [-0.15, -0.1) is 0 Å². The molecule has 0 unspecified atom stereocenters. The molecular weight excluding hydrogens is 282 g/mol. The summed E-state index contributed by atoms with van der Waals surface area (Å²) in [5.74, 6) is -1.43. The van der Waals surface area contributed by atoms with Gasteiger partial charge in [0.15, 0.2) is 5.78 Å². The molecule has 0 heterocycles. The molecule has 22 heavy (non-hydrogen) atoms. The number of amides is 2. The van der Waals surface area contributed by atoms with Gasteiger partial charge in [0.05, 0.1) is 0 Å². The van der Waals surface area contributed by atoms with Crippen molar-refractivity contribution in [3.8, 4) is 0 Å². The van der Waals surface area contributed by atoms with E-state index >= 15 is 0 Å². The highest BCUT2D eigenvalue weighted by Gasteiger charge is 2.13. The van der Waals surface area contributed by atoms with Crippen LogP contribution in [-0.4, -0.2) is 48.7 Å². The van der Waals surface area contributed by atoms with Crippen LogP contribution in [0.15, 0.2) is 24.3 Å². The Morgan fingerprint density at radius 1 is 1.00 bits per heavy atom. The Morgan fingerprint density at radius 2 is 1.59 bits per heavy atom. The lowest BCUT2D eigenvalue weighted by Crippen LogP contribution is -2.40. The zero-order chi connectivity index (χ0) is 16.5. The Balaban J connectivity index is 2.43. The van der Waals surface area contributed by atoms with Crippen LogP contribution in [0, 0.1) is 0 Å². The predicted molar refractivity (Wildman–Crippen MR) is 85.9 cm³/mol. The smallest absolute Gasteiger partial charge is 0.313 e. The number of rotatable bonds is 7. The van der Waals surface area contributed by atoms with Crippen molar-refractivity contribution in [1.29, 1.82) is 0 Å². The molecule has 0 fully saturated rings. The van der Waals surface area contributed by atoms with Crippen molar-refractivity contribution in [3.05, 3.63) is 29.8 Å². The maximum Gasteiger partial charge on any atom is 0.313 e. The Hall–Kier alpha value is -2.21. The fourth-order valence-corrected chi connectivity index (χ4v) is 1.92. The van der Waals surface area contributed by atoms with Crippen molar-refractivity contribution in [1.82, 2.24) is 10.2 Å². The zero-order valence-electron chi connectivity index (χ0n) is 13.3. The standard InChI is InChI=1S/C16H23N3O3/c1-4-19(5-2)11-10-17-15(21)16(22)18-14-8-6-13(7-9-14)12(3)20/h6-9H,4-5,10-11H2,1-3H3,(H,17,21)(H,18,22). The third-order valence-electron chi connectivity index (χ3n) is 3.36. The maximum atomic E-state index is 11.7.